The van der Waals surface area contributed by atoms with Crippen LogP contribution in [0.1, 0.15) is 23.7 Å². The van der Waals surface area contributed by atoms with E-state index >= 15 is 0 Å². The Bertz CT molecular complexity index is 689. The van der Waals surface area contributed by atoms with E-state index in [4.69, 9.17) is 9.47 Å². The average Bonchev–Trinajstić information content (AvgIpc) is 2.93. The summed E-state index contributed by atoms with van der Waals surface area (Å²) in [6.45, 7) is 4.03. The van der Waals surface area contributed by atoms with Gasteiger partial charge in [-0.05, 0) is 42.8 Å². The average molecular weight is 406 g/mol. The monoisotopic (exact) mass is 405 g/mol. The van der Waals surface area contributed by atoms with Crippen LogP contribution in [0.3, 0.4) is 0 Å². The van der Waals surface area contributed by atoms with Crippen molar-refractivity contribution >= 4 is 15.9 Å². The van der Waals surface area contributed by atoms with Crippen LogP contribution in [0.25, 0.3) is 0 Å². The number of methoxy groups -OCH3 is 2. The predicted molar refractivity (Wildman–Crippen MR) is 102 cm³/mol. The van der Waals surface area contributed by atoms with E-state index in [1.54, 1.807) is 14.2 Å². The maximum absolute atomic E-state index is 5.53. The highest BCUT2D eigenvalue weighted by Crippen LogP contribution is 2.40. The van der Waals surface area contributed by atoms with E-state index in [2.05, 4.69) is 43.3 Å². The van der Waals surface area contributed by atoms with Crippen LogP contribution in [-0.2, 0) is 0 Å². The van der Waals surface area contributed by atoms with Gasteiger partial charge in [0.1, 0.15) is 0 Å². The predicted octanol–water partition coefficient (Wildman–Crippen LogP) is 3.25. The third kappa shape index (κ3) is 4.14. The Morgan fingerprint density at radius 3 is 2.64 bits per heavy atom. The number of ether oxygens (including phenoxy) is 2. The summed E-state index contributed by atoms with van der Waals surface area (Å²) in [4.78, 5) is 7.13. The van der Waals surface area contributed by atoms with E-state index in [1.807, 2.05) is 24.4 Å². The summed E-state index contributed by atoms with van der Waals surface area (Å²) in [5, 5.41) is 3.47. The summed E-state index contributed by atoms with van der Waals surface area (Å²) in [6.07, 6.45) is 2.97. The van der Waals surface area contributed by atoms with Gasteiger partial charge in [-0.15, -0.1) is 0 Å². The Hall–Kier alpha value is -1.63. The third-order valence-corrected chi connectivity index (χ3v) is 5.19. The van der Waals surface area contributed by atoms with Crippen molar-refractivity contribution in [3.63, 3.8) is 0 Å². The highest BCUT2D eigenvalue weighted by atomic mass is 79.9. The van der Waals surface area contributed by atoms with Gasteiger partial charge in [0.2, 0.25) is 0 Å². The van der Waals surface area contributed by atoms with Crippen molar-refractivity contribution in [3.05, 3.63) is 52.3 Å². The fraction of sp³-hybridized carbons (Fsp3) is 0.421. The van der Waals surface area contributed by atoms with Crippen molar-refractivity contribution < 1.29 is 9.47 Å². The van der Waals surface area contributed by atoms with Crippen LogP contribution in [0.5, 0.6) is 11.5 Å². The molecule has 2 aromatic rings. The van der Waals surface area contributed by atoms with Crippen molar-refractivity contribution in [2.75, 3.05) is 40.4 Å². The van der Waals surface area contributed by atoms with Gasteiger partial charge in [0.05, 0.1) is 26.0 Å². The first-order valence-electron chi connectivity index (χ1n) is 8.51. The molecule has 2 heterocycles. The molecule has 0 radical (unpaired) electrons. The van der Waals surface area contributed by atoms with Crippen LogP contribution in [0.2, 0.25) is 0 Å². The molecule has 1 unspecified atom stereocenters. The zero-order valence-electron chi connectivity index (χ0n) is 14.7. The van der Waals surface area contributed by atoms with Crippen molar-refractivity contribution in [2.24, 2.45) is 0 Å². The van der Waals surface area contributed by atoms with Crippen molar-refractivity contribution in [1.82, 2.24) is 15.2 Å². The molecule has 1 aliphatic rings. The Kier molecular flexibility index (Phi) is 6.29. The molecule has 1 atom stereocenters. The molecule has 25 heavy (non-hydrogen) atoms. The standard InChI is InChI=1S/C19H24BrN3O2/c1-24-17-12-14(15(20)13-18(17)25-2)19(16-6-3-4-8-22-16)23-10-5-7-21-9-11-23/h3-4,6,8,12-13,19,21H,5,7,9-11H2,1-2H3. The highest BCUT2D eigenvalue weighted by molar-refractivity contribution is 9.10. The van der Waals surface area contributed by atoms with Crippen LogP contribution in [0.15, 0.2) is 41.0 Å². The van der Waals surface area contributed by atoms with Gasteiger partial charge in [-0.2, -0.15) is 0 Å². The second-order valence-corrected chi connectivity index (χ2v) is 6.88. The zero-order valence-corrected chi connectivity index (χ0v) is 16.3. The van der Waals surface area contributed by atoms with Crippen molar-refractivity contribution in [1.29, 1.82) is 0 Å². The van der Waals surface area contributed by atoms with E-state index in [-0.39, 0.29) is 6.04 Å². The highest BCUT2D eigenvalue weighted by Gasteiger charge is 2.27. The number of aromatic nitrogens is 1. The fourth-order valence-corrected chi connectivity index (χ4v) is 3.82. The van der Waals surface area contributed by atoms with Crippen LogP contribution in [-0.4, -0.2) is 50.3 Å². The molecule has 1 aliphatic heterocycles. The van der Waals surface area contributed by atoms with Gasteiger partial charge in [0.15, 0.2) is 11.5 Å². The molecule has 1 fully saturated rings. The van der Waals surface area contributed by atoms with Gasteiger partial charge in [0, 0.05) is 30.3 Å². The lowest BCUT2D eigenvalue weighted by atomic mass is 10.00. The minimum absolute atomic E-state index is 0.0651. The van der Waals surface area contributed by atoms with Gasteiger partial charge in [-0.3, -0.25) is 9.88 Å². The molecule has 0 bridgehead atoms. The third-order valence-electron chi connectivity index (χ3n) is 4.51. The van der Waals surface area contributed by atoms with Gasteiger partial charge in [0.25, 0.3) is 0 Å². The van der Waals surface area contributed by atoms with E-state index < -0.39 is 0 Å². The molecule has 1 aromatic heterocycles. The normalized spacial score (nSPS) is 16.9. The number of hydrogen-bond acceptors (Lipinski definition) is 5. The lowest BCUT2D eigenvalue weighted by molar-refractivity contribution is 0.236. The molecule has 3 rings (SSSR count). The molecule has 1 N–H and O–H groups in total. The van der Waals surface area contributed by atoms with E-state index in [0.29, 0.717) is 0 Å². The zero-order chi connectivity index (χ0) is 17.6. The minimum Gasteiger partial charge on any atom is -0.493 e. The van der Waals surface area contributed by atoms with Gasteiger partial charge in [-0.25, -0.2) is 0 Å². The van der Waals surface area contributed by atoms with Gasteiger partial charge >= 0.3 is 0 Å². The van der Waals surface area contributed by atoms with E-state index in [0.717, 1.165) is 59.8 Å². The maximum atomic E-state index is 5.53. The lowest BCUT2D eigenvalue weighted by Gasteiger charge is -2.31. The van der Waals surface area contributed by atoms with E-state index in [1.165, 1.54) is 0 Å². The quantitative estimate of drug-likeness (QED) is 0.826. The maximum Gasteiger partial charge on any atom is 0.161 e. The summed E-state index contributed by atoms with van der Waals surface area (Å²) >= 11 is 3.73. The van der Waals surface area contributed by atoms with Crippen LogP contribution >= 0.6 is 15.9 Å². The fourth-order valence-electron chi connectivity index (χ4n) is 3.29. The number of halogens is 1. The van der Waals surface area contributed by atoms with Crippen LogP contribution in [0.4, 0.5) is 0 Å². The Morgan fingerprint density at radius 1 is 1.12 bits per heavy atom. The van der Waals surface area contributed by atoms with Crippen LogP contribution < -0.4 is 14.8 Å². The summed E-state index contributed by atoms with van der Waals surface area (Å²) in [5.74, 6) is 1.45. The second-order valence-electron chi connectivity index (χ2n) is 6.03. The molecule has 5 nitrogen and oxygen atoms in total. The second kappa shape index (κ2) is 8.65. The molecule has 0 amide bonds. The summed E-state index contributed by atoms with van der Waals surface area (Å²) in [6, 6.07) is 10.2. The Morgan fingerprint density at radius 2 is 1.92 bits per heavy atom. The SMILES string of the molecule is COc1cc(Br)c(C(c2ccccn2)N2CCCNCC2)cc1OC. The van der Waals surface area contributed by atoms with Gasteiger partial charge in [-0.1, -0.05) is 22.0 Å². The molecule has 1 aromatic carbocycles. The Labute approximate surface area is 157 Å². The topological polar surface area (TPSA) is 46.6 Å². The number of pyridine rings is 1. The summed E-state index contributed by atoms with van der Waals surface area (Å²) in [5.41, 5.74) is 2.18. The molecule has 1 saturated heterocycles. The molecule has 0 aliphatic carbocycles. The Balaban J connectivity index is 2.08. The van der Waals surface area contributed by atoms with E-state index in [9.17, 15) is 0 Å². The number of rotatable bonds is 5. The first kappa shape index (κ1) is 18.2. The molecular weight excluding hydrogens is 382 g/mol. The number of nitrogens with zero attached hydrogens (tertiary/aromatic N) is 2. The number of hydrogen-bond donors (Lipinski definition) is 1. The first-order valence-corrected chi connectivity index (χ1v) is 9.31. The molecule has 0 spiro atoms. The molecular formula is C19H24BrN3O2. The van der Waals surface area contributed by atoms with Crippen molar-refractivity contribution in [3.8, 4) is 11.5 Å². The molecule has 134 valence electrons. The molecule has 6 heteroatoms. The van der Waals surface area contributed by atoms with Crippen molar-refractivity contribution in [2.45, 2.75) is 12.5 Å². The minimum atomic E-state index is 0.0651. The number of benzene rings is 1. The number of nitrogens with one attached hydrogen (secondary N) is 1. The lowest BCUT2D eigenvalue weighted by Crippen LogP contribution is -2.33. The first-order chi connectivity index (χ1) is 12.2. The summed E-state index contributed by atoms with van der Waals surface area (Å²) in [7, 11) is 3.32. The summed E-state index contributed by atoms with van der Waals surface area (Å²) < 4.78 is 12.0. The van der Waals surface area contributed by atoms with Crippen LogP contribution in [0, 0.1) is 0 Å². The molecule has 0 saturated carbocycles. The smallest absolute Gasteiger partial charge is 0.161 e. The largest absolute Gasteiger partial charge is 0.493 e. The van der Waals surface area contributed by atoms with Gasteiger partial charge < -0.3 is 14.8 Å².